The van der Waals surface area contributed by atoms with Gasteiger partial charge in [0, 0.05) is 65.9 Å². The lowest BCUT2D eigenvalue weighted by Crippen LogP contribution is -2.55. The molecule has 7 heterocycles. The van der Waals surface area contributed by atoms with E-state index in [4.69, 9.17) is 25.2 Å². The lowest BCUT2D eigenvalue weighted by molar-refractivity contribution is 0.107. The van der Waals surface area contributed by atoms with Crippen LogP contribution in [0, 0.1) is 23.0 Å². The van der Waals surface area contributed by atoms with Gasteiger partial charge in [0.05, 0.1) is 35.8 Å². The van der Waals surface area contributed by atoms with Gasteiger partial charge < -0.3 is 25.2 Å². The molecule has 0 aliphatic carbocycles. The minimum Gasteiger partial charge on any atom is -0.461 e. The van der Waals surface area contributed by atoms with Gasteiger partial charge in [-0.3, -0.25) is 9.80 Å². The summed E-state index contributed by atoms with van der Waals surface area (Å²) < 4.78 is 61.1. The Morgan fingerprint density at radius 2 is 1.92 bits per heavy atom. The first kappa shape index (κ1) is 32.2. The van der Waals surface area contributed by atoms with Gasteiger partial charge in [0.1, 0.15) is 41.0 Å². The summed E-state index contributed by atoms with van der Waals surface area (Å²) >= 11 is 1.16. The fourth-order valence-corrected chi connectivity index (χ4v) is 10.5. The van der Waals surface area contributed by atoms with Crippen molar-refractivity contribution < 1.29 is 27.8 Å². The number of hydrogen-bond acceptors (Lipinski definition) is 11. The number of thiophene rings is 1. The molecule has 4 aromatic rings. The van der Waals surface area contributed by atoms with Crippen LogP contribution in [0.5, 0.6) is 6.01 Å². The molecule has 2 bridgehead atoms. The van der Waals surface area contributed by atoms with Crippen LogP contribution in [-0.4, -0.2) is 94.1 Å². The maximum Gasteiger partial charge on any atom is 0.319 e. The van der Waals surface area contributed by atoms with Crippen molar-refractivity contribution in [2.45, 2.75) is 82.1 Å². The van der Waals surface area contributed by atoms with E-state index in [2.05, 4.69) is 20.8 Å². The van der Waals surface area contributed by atoms with Crippen LogP contribution in [0.15, 0.2) is 12.1 Å². The highest BCUT2D eigenvalue weighted by Gasteiger charge is 2.50. The van der Waals surface area contributed by atoms with Gasteiger partial charge in [0.2, 0.25) is 0 Å². The number of nitriles is 1. The summed E-state index contributed by atoms with van der Waals surface area (Å²) in [4.78, 5) is 16.4. The molecule has 0 saturated carbocycles. The Balaban J connectivity index is 1.25. The van der Waals surface area contributed by atoms with Gasteiger partial charge in [-0.2, -0.15) is 15.2 Å². The van der Waals surface area contributed by atoms with Crippen molar-refractivity contribution in [2.75, 3.05) is 50.0 Å². The summed E-state index contributed by atoms with van der Waals surface area (Å²) in [5.41, 5.74) is 6.95. The molecule has 14 heteroatoms. The first-order chi connectivity index (χ1) is 24.2. The monoisotopic (exact) mass is 705 g/mol. The van der Waals surface area contributed by atoms with E-state index in [1.54, 1.807) is 13.0 Å². The molecule has 2 unspecified atom stereocenters. The molecular weight excluding hydrogens is 668 g/mol. The summed E-state index contributed by atoms with van der Waals surface area (Å²) in [5, 5.41) is 21.2. The summed E-state index contributed by atoms with van der Waals surface area (Å²) in [6, 6.07) is 5.04. The highest BCUT2D eigenvalue weighted by Crippen LogP contribution is 2.49. The quantitative estimate of drug-likeness (QED) is 0.263. The van der Waals surface area contributed by atoms with Crippen LogP contribution in [0.25, 0.3) is 32.1 Å². The van der Waals surface area contributed by atoms with E-state index < -0.39 is 29.4 Å². The standard InChI is InChI=1S/C36H38F3N7O3S/c1-18(47)11-44-13-20-3-4-21(14-44)46(20)34-29-24-16-48-15-23(24)28(30-25(38)5-6-26-27(30)22(10-40)33(41)50-26)31(39)32(29)42-35(43-34)49-17-36-7-2-8-45(36)12-19(37)9-36/h5-6,18-21,47H,2-4,7-9,11-17,41H2,1H3/t18-,19-,20?,21?,36+/m1/s1. The van der Waals surface area contributed by atoms with E-state index in [1.807, 2.05) is 0 Å². The molecule has 4 saturated heterocycles. The van der Waals surface area contributed by atoms with Crippen molar-refractivity contribution >= 4 is 43.1 Å². The number of alkyl halides is 1. The predicted molar refractivity (Wildman–Crippen MR) is 184 cm³/mol. The van der Waals surface area contributed by atoms with E-state index in [0.29, 0.717) is 59.6 Å². The Bertz CT molecular complexity index is 2070. The third-order valence-electron chi connectivity index (χ3n) is 11.5. The summed E-state index contributed by atoms with van der Waals surface area (Å²) in [7, 11) is 0. The molecule has 5 aliphatic heterocycles. The number of piperazine rings is 1. The van der Waals surface area contributed by atoms with Gasteiger partial charge in [-0.15, -0.1) is 11.3 Å². The number of hydrogen-bond donors (Lipinski definition) is 2. The molecule has 0 amide bonds. The Morgan fingerprint density at radius 1 is 1.14 bits per heavy atom. The largest absolute Gasteiger partial charge is 0.461 e. The second-order valence-corrected chi connectivity index (χ2v) is 15.7. The number of benzene rings is 2. The number of aliphatic hydroxyl groups excluding tert-OH is 1. The van der Waals surface area contributed by atoms with Crippen molar-refractivity contribution in [1.29, 1.82) is 5.26 Å². The van der Waals surface area contributed by atoms with Gasteiger partial charge in [-0.1, -0.05) is 0 Å². The molecule has 5 aliphatic rings. The van der Waals surface area contributed by atoms with Crippen LogP contribution < -0.4 is 15.4 Å². The van der Waals surface area contributed by atoms with E-state index in [-0.39, 0.29) is 70.5 Å². The van der Waals surface area contributed by atoms with Crippen molar-refractivity contribution in [3.63, 3.8) is 0 Å². The highest BCUT2D eigenvalue weighted by molar-refractivity contribution is 7.23. The number of nitrogen functional groups attached to an aromatic ring is 1. The van der Waals surface area contributed by atoms with Gasteiger partial charge >= 0.3 is 6.01 Å². The zero-order chi connectivity index (χ0) is 34.5. The first-order valence-electron chi connectivity index (χ1n) is 17.4. The second-order valence-electron chi connectivity index (χ2n) is 14.7. The Kier molecular flexibility index (Phi) is 7.67. The maximum absolute atomic E-state index is 17.5. The van der Waals surface area contributed by atoms with Crippen LogP contribution in [0.1, 0.15) is 55.7 Å². The number of nitrogens with two attached hydrogens (primary N) is 1. The predicted octanol–water partition coefficient (Wildman–Crippen LogP) is 5.26. The zero-order valence-corrected chi connectivity index (χ0v) is 28.5. The number of aliphatic hydroxyl groups is 1. The number of β-amino-alcohol motifs (C(OH)–C–C–N with tert-alkyl or cyclic N) is 1. The van der Waals surface area contributed by atoms with Crippen molar-refractivity contribution in [2.24, 2.45) is 0 Å². The summed E-state index contributed by atoms with van der Waals surface area (Å²) in [6.07, 6.45) is 2.50. The molecule has 4 fully saturated rings. The summed E-state index contributed by atoms with van der Waals surface area (Å²) in [6.45, 7) is 5.30. The molecule has 3 N–H and O–H groups in total. The summed E-state index contributed by atoms with van der Waals surface area (Å²) in [5.74, 6) is -0.879. The molecule has 2 aromatic carbocycles. The molecule has 0 spiro atoms. The fourth-order valence-electron chi connectivity index (χ4n) is 9.55. The molecule has 5 atom stereocenters. The second kappa shape index (κ2) is 11.9. The molecule has 50 heavy (non-hydrogen) atoms. The average molecular weight is 706 g/mol. The molecule has 262 valence electrons. The van der Waals surface area contributed by atoms with E-state index in [1.165, 1.54) is 6.07 Å². The van der Waals surface area contributed by atoms with Crippen LogP contribution in [0.2, 0.25) is 0 Å². The van der Waals surface area contributed by atoms with Crippen LogP contribution in [0.3, 0.4) is 0 Å². The molecule has 0 radical (unpaired) electrons. The highest BCUT2D eigenvalue weighted by atomic mass is 32.1. The minimum atomic E-state index is -0.940. The number of ether oxygens (including phenoxy) is 2. The average Bonchev–Trinajstić information content (AvgIpc) is 3.88. The number of halogens is 3. The Morgan fingerprint density at radius 3 is 2.68 bits per heavy atom. The number of rotatable bonds is 7. The van der Waals surface area contributed by atoms with Gasteiger partial charge in [-0.25, -0.2) is 13.2 Å². The van der Waals surface area contributed by atoms with E-state index >= 15 is 8.78 Å². The first-order valence-corrected chi connectivity index (χ1v) is 18.2. The maximum atomic E-state index is 17.5. The SMILES string of the molecule is C[C@@H](O)CN1CC2CCC(C1)N2c1nc(OC[C@@]23CCCN2C[C@H](F)C3)nc2c(F)c(-c3c(F)ccc4sc(N)c(C#N)c34)c3c(c12)COC3. The van der Waals surface area contributed by atoms with E-state index in [9.17, 15) is 14.8 Å². The third kappa shape index (κ3) is 4.88. The number of likely N-dealkylation sites (tertiary alicyclic amines) is 1. The van der Waals surface area contributed by atoms with Crippen LogP contribution >= 0.6 is 11.3 Å². The number of fused-ring (bicyclic) bond motifs is 7. The Hall–Kier alpha value is -3.74. The zero-order valence-electron chi connectivity index (χ0n) is 27.7. The lowest BCUT2D eigenvalue weighted by atomic mass is 9.90. The number of nitrogens with zero attached hydrogens (tertiary/aromatic N) is 6. The topological polar surface area (TPSA) is 124 Å². The third-order valence-corrected chi connectivity index (χ3v) is 12.5. The minimum absolute atomic E-state index is 0.000601. The van der Waals surface area contributed by atoms with Crippen LogP contribution in [-0.2, 0) is 18.0 Å². The Labute approximate surface area is 291 Å². The van der Waals surface area contributed by atoms with E-state index in [0.717, 1.165) is 43.6 Å². The van der Waals surface area contributed by atoms with Gasteiger partial charge in [-0.05, 0) is 62.4 Å². The van der Waals surface area contributed by atoms with Gasteiger partial charge in [0.25, 0.3) is 0 Å². The molecule has 10 nitrogen and oxygen atoms in total. The van der Waals surface area contributed by atoms with Crippen molar-refractivity contribution in [3.8, 4) is 23.2 Å². The number of aromatic nitrogens is 2. The molecule has 2 aromatic heterocycles. The van der Waals surface area contributed by atoms with Crippen molar-refractivity contribution in [3.05, 3.63) is 40.5 Å². The lowest BCUT2D eigenvalue weighted by Gasteiger charge is -2.42. The fraction of sp³-hybridized carbons (Fsp3) is 0.528. The van der Waals surface area contributed by atoms with Gasteiger partial charge in [0.15, 0.2) is 5.82 Å². The normalized spacial score (nSPS) is 27.0. The number of anilines is 2. The smallest absolute Gasteiger partial charge is 0.319 e. The van der Waals surface area contributed by atoms with Crippen molar-refractivity contribution in [1.82, 2.24) is 19.8 Å². The molecule has 9 rings (SSSR count). The molecular formula is C36H38F3N7O3S. The van der Waals surface area contributed by atoms with Crippen LogP contribution in [0.4, 0.5) is 24.0 Å².